The van der Waals surface area contributed by atoms with E-state index in [4.69, 9.17) is 0 Å². The smallest absolute Gasteiger partial charge is 0.0560 e. The molecule has 0 spiro atoms. The van der Waals surface area contributed by atoms with Crippen LogP contribution in [-0.2, 0) is 16.2 Å². The normalized spacial score (nSPS) is 18.1. The van der Waals surface area contributed by atoms with E-state index in [-0.39, 0.29) is 33.1 Å². The molecule has 3 aliphatic carbocycles. The van der Waals surface area contributed by atoms with Gasteiger partial charge < -0.3 is 9.80 Å². The van der Waals surface area contributed by atoms with Crippen molar-refractivity contribution in [2.75, 3.05) is 9.80 Å². The fourth-order valence-corrected chi connectivity index (χ4v) is 9.90. The SMILES string of the molecule is CC1=C(/C=C(\C=C\c2cc(N(c3ccc(C(C)(C)C)cc3)c3ccc(C(C)(C)C)cc3)ccc2C)N(c2ccc(C(C)(C)C)cc2)C2C=CC(C(C)(C)C)=CC2)C(C)(C)C2=C(C=CC2)C1. The maximum atomic E-state index is 2.61. The molecule has 3 aliphatic rings. The molecule has 0 N–H and O–H groups in total. The van der Waals surface area contributed by atoms with Gasteiger partial charge in [-0.05, 0) is 160 Å². The molecular formula is C63H78N2. The first-order chi connectivity index (χ1) is 30.3. The molecule has 1 unspecified atom stereocenters. The Balaban J connectivity index is 1.39. The Labute approximate surface area is 395 Å². The third-order valence-corrected chi connectivity index (χ3v) is 14.2. The van der Waals surface area contributed by atoms with Crippen molar-refractivity contribution in [1.29, 1.82) is 0 Å². The summed E-state index contributed by atoms with van der Waals surface area (Å²) in [6.45, 7) is 37.1. The second-order valence-corrected chi connectivity index (χ2v) is 23.7. The Morgan fingerprint density at radius 2 is 1.12 bits per heavy atom. The Kier molecular flexibility index (Phi) is 13.0. The number of anilines is 4. The zero-order chi connectivity index (χ0) is 47.3. The van der Waals surface area contributed by atoms with E-state index in [1.807, 2.05) is 0 Å². The highest BCUT2D eigenvalue weighted by molar-refractivity contribution is 5.79. The average molecular weight is 863 g/mol. The van der Waals surface area contributed by atoms with Crippen molar-refractivity contribution in [1.82, 2.24) is 0 Å². The Morgan fingerprint density at radius 3 is 1.60 bits per heavy atom. The van der Waals surface area contributed by atoms with Crippen LogP contribution >= 0.6 is 0 Å². The van der Waals surface area contributed by atoms with Gasteiger partial charge in [-0.1, -0.05) is 187 Å². The van der Waals surface area contributed by atoms with Crippen molar-refractivity contribution < 1.29 is 0 Å². The van der Waals surface area contributed by atoms with Crippen LogP contribution in [-0.4, -0.2) is 6.04 Å². The highest BCUT2D eigenvalue weighted by atomic mass is 15.2. The second kappa shape index (κ2) is 17.8. The molecule has 340 valence electrons. The van der Waals surface area contributed by atoms with E-state index in [0.717, 1.165) is 36.3 Å². The van der Waals surface area contributed by atoms with E-state index in [1.165, 1.54) is 61.5 Å². The number of nitrogens with zero attached hydrogens (tertiary/aromatic N) is 2. The molecule has 4 aromatic rings. The third kappa shape index (κ3) is 10.4. The summed E-state index contributed by atoms with van der Waals surface area (Å²) in [5, 5.41) is 0. The van der Waals surface area contributed by atoms with Gasteiger partial charge in [-0.25, -0.2) is 0 Å². The van der Waals surface area contributed by atoms with Crippen molar-refractivity contribution in [2.24, 2.45) is 10.8 Å². The van der Waals surface area contributed by atoms with Crippen molar-refractivity contribution in [2.45, 2.75) is 152 Å². The molecule has 0 radical (unpaired) electrons. The van der Waals surface area contributed by atoms with Crippen LogP contribution in [0.25, 0.3) is 6.08 Å². The van der Waals surface area contributed by atoms with Gasteiger partial charge >= 0.3 is 0 Å². The van der Waals surface area contributed by atoms with Gasteiger partial charge in [0.05, 0.1) is 6.04 Å². The van der Waals surface area contributed by atoms with Crippen LogP contribution in [0.1, 0.15) is 151 Å². The molecule has 4 aromatic carbocycles. The summed E-state index contributed by atoms with van der Waals surface area (Å²) in [7, 11) is 0. The van der Waals surface area contributed by atoms with Crippen molar-refractivity contribution in [3.05, 3.63) is 195 Å². The fraction of sp³-hybridized carbons (Fsp3) is 0.397. The standard InChI is InChI=1S/C63H78N2/c1-43-20-30-55(64(51-32-22-47(23-33-51)59(3,4)5)52-34-24-48(25-35-52)60(6,7)8)41-45(43)21-31-56(42-58-44(2)40-46-18-17-19-57(46)63(58,15)16)65(53-36-26-49(27-37-53)61(9,10)11)54-38-28-50(29-39-54)62(12,13)14/h17-18,20-38,41-42,54H,19,39-40H2,1-16H3/b31-21+,56-42+. The Bertz CT molecular complexity index is 2540. The van der Waals surface area contributed by atoms with Crippen LogP contribution in [0.5, 0.6) is 0 Å². The van der Waals surface area contributed by atoms with Crippen LogP contribution < -0.4 is 9.80 Å². The summed E-state index contributed by atoms with van der Waals surface area (Å²) < 4.78 is 0. The summed E-state index contributed by atoms with van der Waals surface area (Å²) in [4.78, 5) is 5.03. The number of rotatable bonds is 9. The van der Waals surface area contributed by atoms with E-state index in [2.05, 4.69) is 260 Å². The summed E-state index contributed by atoms with van der Waals surface area (Å²) in [5.74, 6) is 0. The lowest BCUT2D eigenvalue weighted by atomic mass is 9.69. The lowest BCUT2D eigenvalue weighted by Crippen LogP contribution is -2.34. The molecule has 0 saturated carbocycles. The highest BCUT2D eigenvalue weighted by Gasteiger charge is 2.36. The minimum atomic E-state index is -0.0921. The summed E-state index contributed by atoms with van der Waals surface area (Å²) in [6.07, 6.45) is 22.3. The van der Waals surface area contributed by atoms with Crippen molar-refractivity contribution >= 4 is 28.8 Å². The molecular weight excluding hydrogens is 785 g/mol. The molecule has 7 rings (SSSR count). The molecule has 0 saturated heterocycles. The number of allylic oxidation sites excluding steroid dienone is 10. The topological polar surface area (TPSA) is 6.48 Å². The number of hydrogen-bond donors (Lipinski definition) is 0. The van der Waals surface area contributed by atoms with E-state index in [9.17, 15) is 0 Å². The van der Waals surface area contributed by atoms with Crippen molar-refractivity contribution in [3.8, 4) is 0 Å². The minimum Gasteiger partial charge on any atom is -0.334 e. The van der Waals surface area contributed by atoms with Gasteiger partial charge in [0.1, 0.15) is 0 Å². The zero-order valence-corrected chi connectivity index (χ0v) is 42.9. The lowest BCUT2D eigenvalue weighted by Gasteiger charge is -2.39. The molecule has 2 nitrogen and oxygen atoms in total. The van der Waals surface area contributed by atoms with E-state index in [1.54, 1.807) is 5.57 Å². The predicted molar refractivity (Wildman–Crippen MR) is 285 cm³/mol. The lowest BCUT2D eigenvalue weighted by molar-refractivity contribution is 0.509. The molecule has 0 aliphatic heterocycles. The molecule has 0 aromatic heterocycles. The quantitative estimate of drug-likeness (QED) is 0.155. The molecule has 65 heavy (non-hydrogen) atoms. The van der Waals surface area contributed by atoms with E-state index < -0.39 is 0 Å². The van der Waals surface area contributed by atoms with Gasteiger partial charge in [-0.2, -0.15) is 0 Å². The van der Waals surface area contributed by atoms with E-state index >= 15 is 0 Å². The first kappa shape index (κ1) is 47.6. The average Bonchev–Trinajstić information content (AvgIpc) is 3.71. The summed E-state index contributed by atoms with van der Waals surface area (Å²) in [5.41, 5.74) is 19.8. The second-order valence-electron chi connectivity index (χ2n) is 23.7. The van der Waals surface area contributed by atoms with Crippen LogP contribution in [0.15, 0.2) is 167 Å². The third-order valence-electron chi connectivity index (χ3n) is 14.2. The molecule has 1 atom stereocenters. The van der Waals surface area contributed by atoms with Crippen LogP contribution in [0.4, 0.5) is 22.7 Å². The number of hydrogen-bond acceptors (Lipinski definition) is 2. The molecule has 0 amide bonds. The zero-order valence-electron chi connectivity index (χ0n) is 42.9. The van der Waals surface area contributed by atoms with Gasteiger partial charge in [0.25, 0.3) is 0 Å². The molecule has 0 heterocycles. The summed E-state index contributed by atoms with van der Waals surface area (Å²) in [6, 6.07) is 34.8. The largest absolute Gasteiger partial charge is 0.334 e. The van der Waals surface area contributed by atoms with Crippen molar-refractivity contribution in [3.63, 3.8) is 0 Å². The molecule has 0 bridgehead atoms. The van der Waals surface area contributed by atoms with E-state index in [0.29, 0.717) is 0 Å². The maximum absolute atomic E-state index is 2.61. The number of benzene rings is 4. The van der Waals surface area contributed by atoms with Gasteiger partial charge in [-0.3, -0.25) is 0 Å². The van der Waals surface area contributed by atoms with Crippen LogP contribution in [0.2, 0.25) is 0 Å². The van der Waals surface area contributed by atoms with Gasteiger partial charge in [0, 0.05) is 33.9 Å². The monoisotopic (exact) mass is 863 g/mol. The fourth-order valence-electron chi connectivity index (χ4n) is 9.90. The van der Waals surface area contributed by atoms with Crippen LogP contribution in [0.3, 0.4) is 0 Å². The molecule has 2 heteroatoms. The van der Waals surface area contributed by atoms with Crippen LogP contribution in [0, 0.1) is 17.8 Å². The first-order valence-electron chi connectivity index (χ1n) is 24.2. The summed E-state index contributed by atoms with van der Waals surface area (Å²) >= 11 is 0. The Morgan fingerprint density at radius 1 is 0.615 bits per heavy atom. The molecule has 0 fully saturated rings. The predicted octanol–water partition coefficient (Wildman–Crippen LogP) is 18.1. The van der Waals surface area contributed by atoms with Gasteiger partial charge in [-0.15, -0.1) is 0 Å². The minimum absolute atomic E-state index is 0.0610. The van der Waals surface area contributed by atoms with Gasteiger partial charge in [0.15, 0.2) is 0 Å². The highest BCUT2D eigenvalue weighted by Crippen LogP contribution is 2.50. The van der Waals surface area contributed by atoms with Gasteiger partial charge in [0.2, 0.25) is 0 Å². The Hall–Kier alpha value is -5.34. The number of aryl methyl sites for hydroxylation is 1. The first-order valence-corrected chi connectivity index (χ1v) is 24.2. The maximum Gasteiger partial charge on any atom is 0.0560 e.